The van der Waals surface area contributed by atoms with Gasteiger partial charge in [0.1, 0.15) is 0 Å². The van der Waals surface area contributed by atoms with Gasteiger partial charge in [0, 0.05) is 12.7 Å². The number of pyridine rings is 1. The summed E-state index contributed by atoms with van der Waals surface area (Å²) in [6.45, 7) is 2.68. The lowest BCUT2D eigenvalue weighted by Gasteiger charge is -2.11. The number of aryl methyl sites for hydroxylation is 2. The smallest absolute Gasteiger partial charge is 0.293 e. The van der Waals surface area contributed by atoms with E-state index in [9.17, 15) is 14.7 Å². The van der Waals surface area contributed by atoms with Crippen molar-refractivity contribution in [2.75, 3.05) is 6.54 Å². The molecule has 0 spiro atoms. The highest BCUT2D eigenvalue weighted by molar-refractivity contribution is 6.42. The largest absolute Gasteiger partial charge is 0.502 e. The van der Waals surface area contributed by atoms with Gasteiger partial charge in [-0.25, -0.2) is 0 Å². The average molecular weight is 445 g/mol. The van der Waals surface area contributed by atoms with Gasteiger partial charge in [-0.15, -0.1) is 0 Å². The van der Waals surface area contributed by atoms with Crippen molar-refractivity contribution < 1.29 is 9.90 Å². The molecule has 0 radical (unpaired) electrons. The minimum Gasteiger partial charge on any atom is -0.502 e. The van der Waals surface area contributed by atoms with Gasteiger partial charge in [-0.3, -0.25) is 9.59 Å². The van der Waals surface area contributed by atoms with Gasteiger partial charge in [0.15, 0.2) is 5.75 Å². The first-order valence-electron chi connectivity index (χ1n) is 9.56. The van der Waals surface area contributed by atoms with E-state index in [1.54, 1.807) is 12.1 Å². The zero-order chi connectivity index (χ0) is 21.7. The molecule has 0 saturated carbocycles. The molecule has 0 fully saturated rings. The van der Waals surface area contributed by atoms with E-state index in [2.05, 4.69) is 5.32 Å². The van der Waals surface area contributed by atoms with E-state index in [1.165, 1.54) is 16.8 Å². The molecule has 7 heteroatoms. The number of carbonyl (C=O) groups excluding carboxylic acids is 1. The third-order valence-electron chi connectivity index (χ3n) is 4.90. The van der Waals surface area contributed by atoms with Crippen molar-refractivity contribution in [3.8, 4) is 5.75 Å². The zero-order valence-electron chi connectivity index (χ0n) is 16.5. The van der Waals surface area contributed by atoms with Gasteiger partial charge < -0.3 is 15.0 Å². The number of nitrogens with one attached hydrogen (secondary N) is 1. The molecule has 3 aromatic rings. The minimum atomic E-state index is -0.596. The lowest BCUT2D eigenvalue weighted by Crippen LogP contribution is -2.28. The number of nitrogens with zero attached hydrogens (tertiary/aromatic N) is 1. The maximum Gasteiger partial charge on any atom is 0.293 e. The molecule has 0 aliphatic rings. The quantitative estimate of drug-likeness (QED) is 0.523. The summed E-state index contributed by atoms with van der Waals surface area (Å²) < 4.78 is 1.39. The van der Waals surface area contributed by atoms with E-state index in [4.69, 9.17) is 23.2 Å². The van der Waals surface area contributed by atoms with Crippen LogP contribution in [-0.4, -0.2) is 22.1 Å². The molecule has 2 N–H and O–H groups in total. The lowest BCUT2D eigenvalue weighted by molar-refractivity contribution is 0.0950. The average Bonchev–Trinajstić information content (AvgIpc) is 2.73. The van der Waals surface area contributed by atoms with E-state index in [0.717, 1.165) is 16.7 Å². The second-order valence-corrected chi connectivity index (χ2v) is 7.86. The van der Waals surface area contributed by atoms with Gasteiger partial charge in [0.05, 0.1) is 22.2 Å². The topological polar surface area (TPSA) is 71.3 Å². The maximum absolute atomic E-state index is 12.5. The van der Waals surface area contributed by atoms with Crippen molar-refractivity contribution in [1.29, 1.82) is 0 Å². The summed E-state index contributed by atoms with van der Waals surface area (Å²) in [6, 6.07) is 14.6. The molecule has 1 aromatic heterocycles. The summed E-state index contributed by atoms with van der Waals surface area (Å²) in [6.07, 6.45) is 2.91. The second-order valence-electron chi connectivity index (χ2n) is 7.05. The Morgan fingerprint density at radius 3 is 2.60 bits per heavy atom. The molecule has 0 bridgehead atoms. The van der Waals surface area contributed by atoms with Crippen LogP contribution in [0, 0.1) is 6.92 Å². The molecule has 0 atom stereocenters. The van der Waals surface area contributed by atoms with Crippen LogP contribution in [0.15, 0.2) is 59.5 Å². The summed E-state index contributed by atoms with van der Waals surface area (Å²) in [5.41, 5.74) is 2.41. The Morgan fingerprint density at radius 2 is 1.87 bits per heavy atom. The molecule has 0 aliphatic heterocycles. The predicted octanol–water partition coefficient (Wildman–Crippen LogP) is 4.58. The molecule has 1 amide bonds. The number of benzene rings is 2. The van der Waals surface area contributed by atoms with Crippen molar-refractivity contribution in [2.45, 2.75) is 26.3 Å². The Morgan fingerprint density at radius 1 is 1.10 bits per heavy atom. The van der Waals surface area contributed by atoms with Crippen LogP contribution in [0.4, 0.5) is 0 Å². The summed E-state index contributed by atoms with van der Waals surface area (Å²) in [7, 11) is 0. The van der Waals surface area contributed by atoms with E-state index >= 15 is 0 Å². The zero-order valence-corrected chi connectivity index (χ0v) is 18.0. The van der Waals surface area contributed by atoms with Crippen LogP contribution in [0.5, 0.6) is 5.75 Å². The first-order chi connectivity index (χ1) is 14.4. The Bertz CT molecular complexity index is 1130. The highest BCUT2D eigenvalue weighted by Crippen LogP contribution is 2.23. The van der Waals surface area contributed by atoms with Crippen LogP contribution in [-0.2, 0) is 13.0 Å². The number of amides is 1. The SMILES string of the molecule is Cc1ccccc1Cn1ccc(C(=O)NCCCc2ccc(Cl)c(Cl)c2)c(O)c1=O. The number of aromatic nitrogens is 1. The molecule has 0 unspecified atom stereocenters. The van der Waals surface area contributed by atoms with Gasteiger partial charge >= 0.3 is 0 Å². The van der Waals surface area contributed by atoms with Gasteiger partial charge in [0.25, 0.3) is 11.5 Å². The molecular formula is C23H22Cl2N2O3. The molecule has 1 heterocycles. The van der Waals surface area contributed by atoms with E-state index in [0.29, 0.717) is 36.0 Å². The third kappa shape index (κ3) is 5.23. The summed E-state index contributed by atoms with van der Waals surface area (Å²) >= 11 is 11.9. The van der Waals surface area contributed by atoms with Crippen molar-refractivity contribution in [1.82, 2.24) is 9.88 Å². The molecular weight excluding hydrogens is 423 g/mol. The van der Waals surface area contributed by atoms with Crippen LogP contribution >= 0.6 is 23.2 Å². The molecule has 3 rings (SSSR count). The van der Waals surface area contributed by atoms with E-state index in [-0.39, 0.29) is 5.56 Å². The highest BCUT2D eigenvalue weighted by Gasteiger charge is 2.16. The Kier molecular flexibility index (Phi) is 7.19. The first-order valence-corrected chi connectivity index (χ1v) is 10.3. The number of hydrogen-bond acceptors (Lipinski definition) is 3. The molecule has 5 nitrogen and oxygen atoms in total. The van der Waals surface area contributed by atoms with Crippen LogP contribution in [0.3, 0.4) is 0 Å². The van der Waals surface area contributed by atoms with Crippen LogP contribution in [0.1, 0.15) is 33.5 Å². The standard InChI is InChI=1S/C23H22Cl2N2O3/c1-15-5-2-3-7-17(15)14-27-12-10-18(21(28)23(27)30)22(29)26-11-4-6-16-8-9-19(24)20(25)13-16/h2-3,5,7-10,12-13,28H,4,6,11,14H2,1H3,(H,26,29). The highest BCUT2D eigenvalue weighted by atomic mass is 35.5. The number of halogens is 2. The van der Waals surface area contributed by atoms with Crippen LogP contribution in [0.2, 0.25) is 10.0 Å². The van der Waals surface area contributed by atoms with Crippen molar-refractivity contribution in [2.24, 2.45) is 0 Å². The second kappa shape index (κ2) is 9.83. The molecule has 2 aromatic carbocycles. The molecule has 156 valence electrons. The third-order valence-corrected chi connectivity index (χ3v) is 5.64. The molecule has 30 heavy (non-hydrogen) atoms. The van der Waals surface area contributed by atoms with Crippen molar-refractivity contribution in [3.05, 3.63) is 97.4 Å². The fraction of sp³-hybridized carbons (Fsp3) is 0.217. The van der Waals surface area contributed by atoms with Gasteiger partial charge in [-0.1, -0.05) is 53.5 Å². The monoisotopic (exact) mass is 444 g/mol. The van der Waals surface area contributed by atoms with Crippen LogP contribution in [0.25, 0.3) is 0 Å². The number of carbonyl (C=O) groups is 1. The van der Waals surface area contributed by atoms with Crippen molar-refractivity contribution in [3.63, 3.8) is 0 Å². The normalized spacial score (nSPS) is 10.8. The minimum absolute atomic E-state index is 0.0319. The van der Waals surface area contributed by atoms with E-state index in [1.807, 2.05) is 37.3 Å². The summed E-state index contributed by atoms with van der Waals surface area (Å²) in [4.78, 5) is 24.9. The van der Waals surface area contributed by atoms with Crippen molar-refractivity contribution >= 4 is 29.1 Å². The number of rotatable bonds is 7. The number of aromatic hydroxyl groups is 1. The first kappa shape index (κ1) is 21.9. The number of hydrogen-bond donors (Lipinski definition) is 2. The summed E-state index contributed by atoms with van der Waals surface area (Å²) in [5, 5.41) is 14.0. The molecule has 0 aliphatic carbocycles. The van der Waals surface area contributed by atoms with Gasteiger partial charge in [0.2, 0.25) is 0 Å². The Labute approximate surface area is 184 Å². The predicted molar refractivity (Wildman–Crippen MR) is 120 cm³/mol. The Hall–Kier alpha value is -2.76. The lowest BCUT2D eigenvalue weighted by atomic mass is 10.1. The summed E-state index contributed by atoms with van der Waals surface area (Å²) in [5.74, 6) is -1.03. The van der Waals surface area contributed by atoms with E-state index < -0.39 is 17.2 Å². The Balaban J connectivity index is 1.60. The maximum atomic E-state index is 12.5. The van der Waals surface area contributed by atoms with Gasteiger partial charge in [-0.05, 0) is 54.7 Å². The van der Waals surface area contributed by atoms with Crippen LogP contribution < -0.4 is 10.9 Å². The molecule has 0 saturated heterocycles. The fourth-order valence-electron chi connectivity index (χ4n) is 3.13. The fourth-order valence-corrected chi connectivity index (χ4v) is 3.45. The van der Waals surface area contributed by atoms with Gasteiger partial charge in [-0.2, -0.15) is 0 Å².